The van der Waals surface area contributed by atoms with Gasteiger partial charge in [-0.25, -0.2) is 0 Å². The summed E-state index contributed by atoms with van der Waals surface area (Å²) in [6, 6.07) is 8.57. The summed E-state index contributed by atoms with van der Waals surface area (Å²) in [6.07, 6.45) is 5.35. The molecule has 0 fully saturated rings. The Hall–Kier alpha value is -1.22. The van der Waals surface area contributed by atoms with Gasteiger partial charge in [-0.05, 0) is 24.0 Å². The molecule has 1 unspecified atom stereocenters. The predicted octanol–water partition coefficient (Wildman–Crippen LogP) is 3.55. The molecular formula is C13H16. The monoisotopic (exact) mass is 172 g/mol. The van der Waals surface area contributed by atoms with Crippen LogP contribution >= 0.6 is 0 Å². The van der Waals surface area contributed by atoms with Crippen molar-refractivity contribution >= 4 is 0 Å². The maximum absolute atomic E-state index is 5.35. The highest BCUT2D eigenvalue weighted by Crippen LogP contribution is 2.19. The molecule has 1 atom stereocenters. The van der Waals surface area contributed by atoms with Gasteiger partial charge in [-0.15, -0.1) is 6.42 Å². The predicted molar refractivity (Wildman–Crippen MR) is 57.8 cm³/mol. The van der Waals surface area contributed by atoms with Crippen LogP contribution in [0.1, 0.15) is 43.7 Å². The van der Waals surface area contributed by atoms with Gasteiger partial charge in [0.05, 0.1) is 0 Å². The van der Waals surface area contributed by atoms with E-state index in [1.165, 1.54) is 11.1 Å². The van der Waals surface area contributed by atoms with E-state index in [-0.39, 0.29) is 5.92 Å². The first-order valence-electron chi connectivity index (χ1n) is 4.71. The van der Waals surface area contributed by atoms with Crippen LogP contribution in [0.5, 0.6) is 0 Å². The fourth-order valence-corrected chi connectivity index (χ4v) is 1.27. The van der Waals surface area contributed by atoms with Gasteiger partial charge in [0.25, 0.3) is 0 Å². The van der Waals surface area contributed by atoms with Gasteiger partial charge >= 0.3 is 0 Å². The Balaban J connectivity index is 2.89. The van der Waals surface area contributed by atoms with Crippen molar-refractivity contribution in [1.82, 2.24) is 0 Å². The van der Waals surface area contributed by atoms with E-state index in [4.69, 9.17) is 6.42 Å². The molecule has 0 aromatic heterocycles. The zero-order valence-corrected chi connectivity index (χ0v) is 8.54. The molecule has 0 bridgehead atoms. The van der Waals surface area contributed by atoms with Crippen LogP contribution in [0.25, 0.3) is 0 Å². The van der Waals surface area contributed by atoms with Gasteiger partial charge < -0.3 is 0 Å². The molecular weight excluding hydrogens is 156 g/mol. The molecule has 0 amide bonds. The average molecular weight is 172 g/mol. The zero-order chi connectivity index (χ0) is 9.84. The Morgan fingerprint density at radius 3 is 1.85 bits per heavy atom. The Bertz CT molecular complexity index is 298. The highest BCUT2D eigenvalue weighted by Gasteiger charge is 2.02. The fraction of sp³-hybridized carbons (Fsp3) is 0.385. The van der Waals surface area contributed by atoms with Crippen LogP contribution in [-0.4, -0.2) is 0 Å². The maximum atomic E-state index is 5.35. The lowest BCUT2D eigenvalue weighted by atomic mass is 9.97. The van der Waals surface area contributed by atoms with Crippen LogP contribution in [0.2, 0.25) is 0 Å². The van der Waals surface area contributed by atoms with E-state index in [0.717, 1.165) is 0 Å². The van der Waals surface area contributed by atoms with Crippen LogP contribution in [0.4, 0.5) is 0 Å². The van der Waals surface area contributed by atoms with Crippen molar-refractivity contribution in [2.45, 2.75) is 32.6 Å². The summed E-state index contributed by atoms with van der Waals surface area (Å²) in [6.45, 7) is 6.43. The van der Waals surface area contributed by atoms with E-state index < -0.39 is 0 Å². The molecule has 0 spiro atoms. The molecule has 0 saturated carbocycles. The van der Waals surface area contributed by atoms with Crippen LogP contribution in [0.15, 0.2) is 24.3 Å². The topological polar surface area (TPSA) is 0 Å². The quantitative estimate of drug-likeness (QED) is 0.598. The molecule has 68 valence electrons. The van der Waals surface area contributed by atoms with Gasteiger partial charge in [-0.1, -0.05) is 44.0 Å². The van der Waals surface area contributed by atoms with E-state index in [2.05, 4.69) is 44.0 Å². The molecule has 0 aliphatic rings. The highest BCUT2D eigenvalue weighted by atomic mass is 14.1. The third-order valence-corrected chi connectivity index (χ3v) is 2.35. The number of benzene rings is 1. The van der Waals surface area contributed by atoms with Crippen LogP contribution in [0.3, 0.4) is 0 Å². The Morgan fingerprint density at radius 1 is 1.00 bits per heavy atom. The summed E-state index contributed by atoms with van der Waals surface area (Å²) in [5.74, 6) is 3.55. The summed E-state index contributed by atoms with van der Waals surface area (Å²) < 4.78 is 0. The van der Waals surface area contributed by atoms with Gasteiger partial charge in [0.1, 0.15) is 0 Å². The lowest BCUT2D eigenvalue weighted by molar-refractivity contribution is 0.863. The van der Waals surface area contributed by atoms with Crippen LogP contribution in [0, 0.1) is 12.3 Å². The first-order valence-corrected chi connectivity index (χ1v) is 4.71. The second-order valence-corrected chi connectivity index (χ2v) is 3.71. The van der Waals surface area contributed by atoms with Crippen molar-refractivity contribution in [2.75, 3.05) is 0 Å². The molecule has 13 heavy (non-hydrogen) atoms. The second-order valence-electron chi connectivity index (χ2n) is 3.71. The first-order chi connectivity index (χ1) is 6.15. The van der Waals surface area contributed by atoms with E-state index >= 15 is 0 Å². The van der Waals surface area contributed by atoms with Crippen molar-refractivity contribution in [3.8, 4) is 12.3 Å². The Kier molecular flexibility index (Phi) is 3.14. The second kappa shape index (κ2) is 4.14. The normalized spacial score (nSPS) is 12.5. The minimum atomic E-state index is 0.223. The van der Waals surface area contributed by atoms with Crippen LogP contribution < -0.4 is 0 Å². The Labute approximate surface area is 81.0 Å². The summed E-state index contributed by atoms with van der Waals surface area (Å²) in [5, 5.41) is 0. The zero-order valence-electron chi connectivity index (χ0n) is 8.54. The molecule has 0 aliphatic carbocycles. The van der Waals surface area contributed by atoms with Crippen molar-refractivity contribution in [1.29, 1.82) is 0 Å². The molecule has 1 rings (SSSR count). The van der Waals surface area contributed by atoms with Crippen molar-refractivity contribution in [3.63, 3.8) is 0 Å². The van der Waals surface area contributed by atoms with Gasteiger partial charge in [-0.2, -0.15) is 0 Å². The lowest BCUT2D eigenvalue weighted by Gasteiger charge is -2.08. The summed E-state index contributed by atoms with van der Waals surface area (Å²) in [4.78, 5) is 0. The molecule has 0 aliphatic heterocycles. The Morgan fingerprint density at radius 2 is 1.46 bits per heavy atom. The molecule has 1 aromatic rings. The number of terminal acetylenes is 1. The summed E-state index contributed by atoms with van der Waals surface area (Å²) in [5.41, 5.74) is 2.60. The fourth-order valence-electron chi connectivity index (χ4n) is 1.27. The third-order valence-electron chi connectivity index (χ3n) is 2.35. The lowest BCUT2D eigenvalue weighted by Crippen LogP contribution is -1.91. The number of hydrogen-bond donors (Lipinski definition) is 0. The van der Waals surface area contributed by atoms with Crippen molar-refractivity contribution in [2.24, 2.45) is 0 Å². The van der Waals surface area contributed by atoms with E-state index in [9.17, 15) is 0 Å². The minimum absolute atomic E-state index is 0.223. The smallest absolute Gasteiger partial charge is 0.0421 e. The van der Waals surface area contributed by atoms with Crippen molar-refractivity contribution < 1.29 is 0 Å². The largest absolute Gasteiger partial charge is 0.119 e. The molecule has 0 heteroatoms. The molecule has 0 radical (unpaired) electrons. The third kappa shape index (κ3) is 2.36. The SMILES string of the molecule is C#CC(C)c1ccc(C(C)C)cc1. The van der Waals surface area contributed by atoms with Crippen LogP contribution in [-0.2, 0) is 0 Å². The highest BCUT2D eigenvalue weighted by molar-refractivity contribution is 5.30. The average Bonchev–Trinajstić information content (AvgIpc) is 2.17. The van der Waals surface area contributed by atoms with Gasteiger partial charge in [0.2, 0.25) is 0 Å². The van der Waals surface area contributed by atoms with E-state index in [1.807, 2.05) is 6.92 Å². The molecule has 0 N–H and O–H groups in total. The molecule has 0 nitrogen and oxygen atoms in total. The number of hydrogen-bond acceptors (Lipinski definition) is 0. The molecule has 0 saturated heterocycles. The molecule has 1 aromatic carbocycles. The maximum Gasteiger partial charge on any atom is 0.0421 e. The van der Waals surface area contributed by atoms with Gasteiger partial charge in [0, 0.05) is 5.92 Å². The standard InChI is InChI=1S/C13H16/c1-5-11(4)13-8-6-12(7-9-13)10(2)3/h1,6-11H,2-4H3. The summed E-state index contributed by atoms with van der Waals surface area (Å²) in [7, 11) is 0. The van der Waals surface area contributed by atoms with E-state index in [0.29, 0.717) is 5.92 Å². The molecule has 0 heterocycles. The van der Waals surface area contributed by atoms with Crippen molar-refractivity contribution in [3.05, 3.63) is 35.4 Å². The van der Waals surface area contributed by atoms with Gasteiger partial charge in [-0.3, -0.25) is 0 Å². The summed E-state index contributed by atoms with van der Waals surface area (Å²) >= 11 is 0. The minimum Gasteiger partial charge on any atom is -0.119 e. The van der Waals surface area contributed by atoms with Gasteiger partial charge in [0.15, 0.2) is 0 Å². The first kappa shape index (κ1) is 9.86. The van der Waals surface area contributed by atoms with E-state index in [1.54, 1.807) is 0 Å². The number of rotatable bonds is 2.